The van der Waals surface area contributed by atoms with Crippen molar-refractivity contribution in [3.8, 4) is 5.75 Å². The van der Waals surface area contributed by atoms with Crippen molar-refractivity contribution >= 4 is 33.9 Å². The number of alkyl halides is 2. The predicted octanol–water partition coefficient (Wildman–Crippen LogP) is 4.30. The van der Waals surface area contributed by atoms with Crippen LogP contribution in [0.3, 0.4) is 0 Å². The molecule has 1 heterocycles. The fraction of sp³-hybridized carbons (Fsp3) is 0.167. The van der Waals surface area contributed by atoms with Crippen molar-refractivity contribution in [1.82, 2.24) is 10.3 Å². The molecule has 3 N–H and O–H groups in total. The monoisotopic (exact) mass is 361 g/mol. The Kier molecular flexibility index (Phi) is 5.45. The fourth-order valence-corrected chi connectivity index (χ4v) is 2.76. The Labute approximate surface area is 149 Å². The number of hydrogen-bond donors (Lipinski definition) is 3. The summed E-state index contributed by atoms with van der Waals surface area (Å²) < 4.78 is 28.5. The van der Waals surface area contributed by atoms with Crippen molar-refractivity contribution in [3.63, 3.8) is 0 Å². The van der Waals surface area contributed by atoms with Crippen LogP contribution in [0.4, 0.5) is 14.5 Å². The SMILES string of the molecule is FC(F)Oc1ccc(NC(=S)NCCc2c[nH]c3ccccc23)cc1. The molecule has 3 rings (SSSR count). The summed E-state index contributed by atoms with van der Waals surface area (Å²) in [4.78, 5) is 3.24. The third-order valence-electron chi connectivity index (χ3n) is 3.69. The molecule has 0 saturated carbocycles. The minimum atomic E-state index is -2.83. The highest BCUT2D eigenvalue weighted by molar-refractivity contribution is 7.80. The van der Waals surface area contributed by atoms with E-state index in [9.17, 15) is 8.78 Å². The third-order valence-corrected chi connectivity index (χ3v) is 3.94. The van der Waals surface area contributed by atoms with Crippen LogP contribution in [0.15, 0.2) is 54.7 Å². The lowest BCUT2D eigenvalue weighted by atomic mass is 10.1. The first-order chi connectivity index (χ1) is 12.1. The second kappa shape index (κ2) is 7.94. The first-order valence-corrected chi connectivity index (χ1v) is 8.17. The molecule has 7 heteroatoms. The lowest BCUT2D eigenvalue weighted by Gasteiger charge is -2.11. The lowest BCUT2D eigenvalue weighted by Crippen LogP contribution is -2.30. The molecule has 2 aromatic carbocycles. The van der Waals surface area contributed by atoms with Gasteiger partial charge in [0.25, 0.3) is 0 Å². The average Bonchev–Trinajstić information content (AvgIpc) is 3.00. The molecule has 0 aliphatic rings. The second-order valence-electron chi connectivity index (χ2n) is 5.39. The van der Waals surface area contributed by atoms with E-state index in [2.05, 4.69) is 26.4 Å². The molecule has 0 atom stereocenters. The van der Waals surface area contributed by atoms with Gasteiger partial charge in [0.1, 0.15) is 5.75 Å². The van der Waals surface area contributed by atoms with Gasteiger partial charge in [0.2, 0.25) is 0 Å². The summed E-state index contributed by atoms with van der Waals surface area (Å²) in [6.07, 6.45) is 2.83. The molecule has 0 fully saturated rings. The van der Waals surface area contributed by atoms with Crippen LogP contribution in [0, 0.1) is 0 Å². The summed E-state index contributed by atoms with van der Waals surface area (Å²) in [7, 11) is 0. The molecule has 0 radical (unpaired) electrons. The highest BCUT2D eigenvalue weighted by Gasteiger charge is 2.05. The minimum absolute atomic E-state index is 0.110. The smallest absolute Gasteiger partial charge is 0.387 e. The minimum Gasteiger partial charge on any atom is -0.435 e. The predicted molar refractivity (Wildman–Crippen MR) is 99.3 cm³/mol. The van der Waals surface area contributed by atoms with Gasteiger partial charge in [-0.25, -0.2) is 0 Å². The van der Waals surface area contributed by atoms with Crippen molar-refractivity contribution in [1.29, 1.82) is 0 Å². The summed E-state index contributed by atoms with van der Waals surface area (Å²) in [5.74, 6) is 0.110. The number of nitrogens with one attached hydrogen (secondary N) is 3. The van der Waals surface area contributed by atoms with Crippen LogP contribution in [0.1, 0.15) is 5.56 Å². The molecule has 0 unspecified atom stereocenters. The first kappa shape index (κ1) is 17.2. The summed E-state index contributed by atoms with van der Waals surface area (Å²) in [5, 5.41) is 7.83. The van der Waals surface area contributed by atoms with E-state index in [1.807, 2.05) is 24.4 Å². The van der Waals surface area contributed by atoms with Gasteiger partial charge in [-0.3, -0.25) is 0 Å². The van der Waals surface area contributed by atoms with Crippen LogP contribution in [0.5, 0.6) is 5.75 Å². The van der Waals surface area contributed by atoms with Crippen LogP contribution in [0.2, 0.25) is 0 Å². The number of rotatable bonds is 6. The quantitative estimate of drug-likeness (QED) is 0.573. The zero-order valence-electron chi connectivity index (χ0n) is 13.3. The summed E-state index contributed by atoms with van der Waals surface area (Å²) in [6.45, 7) is -2.15. The second-order valence-corrected chi connectivity index (χ2v) is 5.80. The molecule has 0 amide bonds. The molecular formula is C18H17F2N3OS. The van der Waals surface area contributed by atoms with E-state index in [1.54, 1.807) is 12.1 Å². The molecule has 0 bridgehead atoms. The number of aromatic amines is 1. The number of anilines is 1. The Morgan fingerprint density at radius 3 is 2.64 bits per heavy atom. The third kappa shape index (κ3) is 4.67. The number of hydrogen-bond acceptors (Lipinski definition) is 2. The summed E-state index contributed by atoms with van der Waals surface area (Å²) in [5.41, 5.74) is 3.04. The summed E-state index contributed by atoms with van der Waals surface area (Å²) in [6, 6.07) is 14.3. The van der Waals surface area contributed by atoms with Gasteiger partial charge in [-0.1, -0.05) is 18.2 Å². The van der Waals surface area contributed by atoms with E-state index in [0.717, 1.165) is 11.9 Å². The molecule has 0 saturated heterocycles. The first-order valence-electron chi connectivity index (χ1n) is 7.76. The molecule has 0 spiro atoms. The molecule has 0 aliphatic heterocycles. The average molecular weight is 361 g/mol. The molecule has 1 aromatic heterocycles. The van der Waals surface area contributed by atoms with Gasteiger partial charge >= 0.3 is 6.61 Å². The largest absolute Gasteiger partial charge is 0.435 e. The maximum Gasteiger partial charge on any atom is 0.387 e. The van der Waals surface area contributed by atoms with Gasteiger partial charge in [0.15, 0.2) is 5.11 Å². The highest BCUT2D eigenvalue weighted by atomic mass is 32.1. The van der Waals surface area contributed by atoms with Crippen molar-refractivity contribution in [2.75, 3.05) is 11.9 Å². The number of fused-ring (bicyclic) bond motifs is 1. The zero-order valence-corrected chi connectivity index (χ0v) is 14.1. The van der Waals surface area contributed by atoms with Gasteiger partial charge in [0, 0.05) is 29.3 Å². The van der Waals surface area contributed by atoms with Crippen molar-refractivity contribution in [2.45, 2.75) is 13.0 Å². The number of aromatic nitrogens is 1. The normalized spacial score (nSPS) is 10.8. The standard InChI is InChI=1S/C18H17F2N3OS/c19-17(20)24-14-7-5-13(6-8-14)23-18(25)21-10-9-12-11-22-16-4-2-1-3-15(12)16/h1-8,11,17,22H,9-10H2,(H2,21,23,25). The lowest BCUT2D eigenvalue weighted by molar-refractivity contribution is -0.0498. The number of ether oxygens (including phenoxy) is 1. The fourth-order valence-electron chi connectivity index (χ4n) is 2.54. The van der Waals surface area contributed by atoms with Crippen molar-refractivity contribution in [2.24, 2.45) is 0 Å². The number of para-hydroxylation sites is 1. The van der Waals surface area contributed by atoms with E-state index in [-0.39, 0.29) is 5.75 Å². The van der Waals surface area contributed by atoms with Gasteiger partial charge in [-0.05, 0) is 54.5 Å². The van der Waals surface area contributed by atoms with Crippen LogP contribution < -0.4 is 15.4 Å². The van der Waals surface area contributed by atoms with Gasteiger partial charge in [-0.2, -0.15) is 8.78 Å². The molecule has 4 nitrogen and oxygen atoms in total. The number of halogens is 2. The van der Waals surface area contributed by atoms with Crippen LogP contribution in [-0.2, 0) is 6.42 Å². The van der Waals surface area contributed by atoms with Crippen LogP contribution in [-0.4, -0.2) is 23.3 Å². The van der Waals surface area contributed by atoms with Gasteiger partial charge < -0.3 is 20.4 Å². The van der Waals surface area contributed by atoms with E-state index < -0.39 is 6.61 Å². The number of H-pyrrole nitrogens is 1. The van der Waals surface area contributed by atoms with Gasteiger partial charge in [0.05, 0.1) is 0 Å². The molecular weight excluding hydrogens is 344 g/mol. The van der Waals surface area contributed by atoms with E-state index in [4.69, 9.17) is 12.2 Å². The molecule has 130 valence electrons. The number of benzene rings is 2. The van der Waals surface area contributed by atoms with E-state index >= 15 is 0 Å². The molecule has 25 heavy (non-hydrogen) atoms. The maximum absolute atomic E-state index is 12.1. The molecule has 0 aliphatic carbocycles. The highest BCUT2D eigenvalue weighted by Crippen LogP contribution is 2.18. The van der Waals surface area contributed by atoms with E-state index in [0.29, 0.717) is 17.3 Å². The Hall–Kier alpha value is -2.67. The Bertz CT molecular complexity index is 849. The molecule has 3 aromatic rings. The Morgan fingerprint density at radius 1 is 1.12 bits per heavy atom. The van der Waals surface area contributed by atoms with Crippen LogP contribution in [0.25, 0.3) is 10.9 Å². The number of thiocarbonyl (C=S) groups is 1. The van der Waals surface area contributed by atoms with E-state index in [1.165, 1.54) is 23.1 Å². The topological polar surface area (TPSA) is 49.1 Å². The summed E-state index contributed by atoms with van der Waals surface area (Å²) >= 11 is 5.25. The van der Waals surface area contributed by atoms with Gasteiger partial charge in [-0.15, -0.1) is 0 Å². The van der Waals surface area contributed by atoms with Crippen molar-refractivity contribution in [3.05, 3.63) is 60.3 Å². The van der Waals surface area contributed by atoms with Crippen molar-refractivity contribution < 1.29 is 13.5 Å². The Balaban J connectivity index is 1.48. The maximum atomic E-state index is 12.1. The van der Waals surface area contributed by atoms with Crippen LogP contribution >= 0.6 is 12.2 Å². The zero-order chi connectivity index (χ0) is 17.6. The Morgan fingerprint density at radius 2 is 1.88 bits per heavy atom.